The fourth-order valence-corrected chi connectivity index (χ4v) is 1.70. The van der Waals surface area contributed by atoms with E-state index in [0.717, 1.165) is 0 Å². The van der Waals surface area contributed by atoms with E-state index >= 15 is 0 Å². The van der Waals surface area contributed by atoms with Gasteiger partial charge in [0.05, 0.1) is 16.8 Å². The molecule has 3 rings (SSSR count). The van der Waals surface area contributed by atoms with Crippen LogP contribution >= 0.6 is 0 Å². The third kappa shape index (κ3) is 1.35. The van der Waals surface area contributed by atoms with Gasteiger partial charge < -0.3 is 5.21 Å². The molecule has 1 aromatic carbocycles. The molecule has 0 aromatic heterocycles. The molecule has 0 saturated heterocycles. The molecule has 0 fully saturated rings. The van der Waals surface area contributed by atoms with Crippen LogP contribution in [0, 0.1) is 15.3 Å². The normalized spacial score (nSPS) is 20.4. The molecule has 0 aliphatic carbocycles. The Morgan fingerprint density at radius 1 is 1.47 bits per heavy atom. The Morgan fingerprint density at radius 3 is 3.06 bits per heavy atom. The third-order valence-corrected chi connectivity index (χ3v) is 2.47. The highest BCUT2D eigenvalue weighted by atomic mass is 16.9. The van der Waals surface area contributed by atoms with Gasteiger partial charge in [-0.05, 0) is 6.07 Å². The average molecular weight is 234 g/mol. The van der Waals surface area contributed by atoms with Gasteiger partial charge in [0.15, 0.2) is 12.0 Å². The summed E-state index contributed by atoms with van der Waals surface area (Å²) >= 11 is 0. The van der Waals surface area contributed by atoms with Crippen LogP contribution in [0.5, 0.6) is 0 Å². The molecule has 2 heterocycles. The van der Waals surface area contributed by atoms with E-state index in [0.29, 0.717) is 17.1 Å². The van der Waals surface area contributed by atoms with Crippen molar-refractivity contribution in [2.45, 2.75) is 0 Å². The number of nitro benzene ring substituents is 1. The monoisotopic (exact) mass is 234 g/mol. The first-order valence-electron chi connectivity index (χ1n) is 4.70. The molecule has 0 spiro atoms. The van der Waals surface area contributed by atoms with Crippen molar-refractivity contribution in [2.75, 3.05) is 5.01 Å². The molecule has 0 saturated carbocycles. The lowest BCUT2D eigenvalue weighted by molar-refractivity contribution is -1.04. The van der Waals surface area contributed by atoms with Crippen molar-refractivity contribution < 1.29 is 15.1 Å². The Kier molecular flexibility index (Phi) is 1.88. The maximum absolute atomic E-state index is 11.4. The molecule has 8 heteroatoms. The number of non-ortho nitro benzene ring substituents is 1. The van der Waals surface area contributed by atoms with Gasteiger partial charge >= 0.3 is 0 Å². The number of nitro groups is 1. The molecule has 1 aromatic rings. The minimum absolute atomic E-state index is 0.0686. The van der Waals surface area contributed by atoms with Gasteiger partial charge in [-0.25, -0.2) is 0 Å². The molecule has 86 valence electrons. The lowest BCUT2D eigenvalue weighted by Crippen LogP contribution is -3.11. The minimum Gasteiger partial charge on any atom is -0.564 e. The first-order chi connectivity index (χ1) is 8.16. The van der Waals surface area contributed by atoms with Crippen molar-refractivity contribution >= 4 is 23.3 Å². The molecule has 1 atom stereocenters. The smallest absolute Gasteiger partial charge is 0.271 e. The molecule has 0 radical (unpaired) electrons. The number of hydrogen-bond acceptors (Lipinski definition) is 6. The quantitative estimate of drug-likeness (QED) is 0.425. The fraction of sp³-hybridized carbons (Fsp3) is 0. The van der Waals surface area contributed by atoms with E-state index < -0.39 is 10.3 Å². The summed E-state index contributed by atoms with van der Waals surface area (Å²) in [5.74, 6) is 0. The maximum atomic E-state index is 11.4. The summed E-state index contributed by atoms with van der Waals surface area (Å²) in [7, 11) is 0. The largest absolute Gasteiger partial charge is 0.564 e. The Balaban J connectivity index is 2.12. The molecule has 0 bridgehead atoms. The van der Waals surface area contributed by atoms with Crippen LogP contribution in [0.3, 0.4) is 0 Å². The van der Waals surface area contributed by atoms with E-state index in [-0.39, 0.29) is 5.69 Å². The minimum atomic E-state index is -0.541. The highest BCUT2D eigenvalue weighted by molar-refractivity contribution is 5.92. The molecule has 8 nitrogen and oxygen atoms in total. The summed E-state index contributed by atoms with van der Waals surface area (Å²) in [6, 6.07) is 4.11. The molecule has 1 unspecified atom stereocenters. The highest BCUT2D eigenvalue weighted by Gasteiger charge is 2.31. The van der Waals surface area contributed by atoms with Crippen molar-refractivity contribution in [1.82, 2.24) is 0 Å². The summed E-state index contributed by atoms with van der Waals surface area (Å²) < 4.78 is 0. The number of hydrogen-bond donors (Lipinski definition) is 1. The number of aliphatic imine (C=N–C) groups is 1. The van der Waals surface area contributed by atoms with E-state index in [1.807, 2.05) is 0 Å². The SMILES string of the molecule is O=[N+]([O-])c1ccc2c(c1)N=CC1=CO[NH+]([O-])N12. The van der Waals surface area contributed by atoms with Crippen molar-refractivity contribution in [3.05, 3.63) is 45.5 Å². The summed E-state index contributed by atoms with van der Waals surface area (Å²) in [6.45, 7) is 0. The van der Waals surface area contributed by atoms with Crippen LogP contribution in [0.2, 0.25) is 0 Å². The van der Waals surface area contributed by atoms with Crippen molar-refractivity contribution in [3.8, 4) is 0 Å². The highest BCUT2D eigenvalue weighted by Crippen LogP contribution is 2.35. The lowest BCUT2D eigenvalue weighted by Gasteiger charge is -2.27. The number of fused-ring (bicyclic) bond motifs is 3. The Hall–Kier alpha value is -2.45. The number of benzene rings is 1. The van der Waals surface area contributed by atoms with Crippen LogP contribution in [-0.4, -0.2) is 11.1 Å². The van der Waals surface area contributed by atoms with Gasteiger partial charge in [-0.3, -0.25) is 19.9 Å². The molecule has 17 heavy (non-hydrogen) atoms. The molecule has 2 aliphatic heterocycles. The number of quaternary nitrogens is 1. The Morgan fingerprint density at radius 2 is 2.29 bits per heavy atom. The zero-order valence-corrected chi connectivity index (χ0v) is 8.36. The molecule has 0 amide bonds. The van der Waals surface area contributed by atoms with E-state index in [1.165, 1.54) is 35.7 Å². The third-order valence-electron chi connectivity index (χ3n) is 2.47. The second-order valence-electron chi connectivity index (χ2n) is 3.45. The number of rotatable bonds is 1. The predicted octanol–water partition coefficient (Wildman–Crippen LogP) is 0.201. The van der Waals surface area contributed by atoms with Gasteiger partial charge in [0.1, 0.15) is 5.69 Å². The Labute approximate surface area is 94.7 Å². The van der Waals surface area contributed by atoms with Gasteiger partial charge in [0, 0.05) is 12.1 Å². The number of anilines is 1. The van der Waals surface area contributed by atoms with Crippen molar-refractivity contribution in [1.29, 1.82) is 0 Å². The summed E-state index contributed by atoms with van der Waals surface area (Å²) in [4.78, 5) is 18.9. The average Bonchev–Trinajstić information content (AvgIpc) is 2.70. The van der Waals surface area contributed by atoms with Gasteiger partial charge in [0.2, 0.25) is 0 Å². The van der Waals surface area contributed by atoms with E-state index in [4.69, 9.17) is 4.84 Å². The summed E-state index contributed by atoms with van der Waals surface area (Å²) in [5, 5.41) is 22.8. The Bertz CT molecular complexity index is 568. The van der Waals surface area contributed by atoms with Crippen molar-refractivity contribution in [3.63, 3.8) is 0 Å². The molecular weight excluding hydrogens is 228 g/mol. The van der Waals surface area contributed by atoms with Crippen LogP contribution in [0.4, 0.5) is 17.1 Å². The van der Waals surface area contributed by atoms with Crippen LogP contribution in [0.15, 0.2) is 35.2 Å². The first-order valence-corrected chi connectivity index (χ1v) is 4.70. The number of nitrogens with one attached hydrogen (secondary N) is 1. The predicted molar refractivity (Wildman–Crippen MR) is 57.2 cm³/mol. The first kappa shape index (κ1) is 9.75. The van der Waals surface area contributed by atoms with Gasteiger partial charge in [0.25, 0.3) is 5.69 Å². The van der Waals surface area contributed by atoms with Crippen molar-refractivity contribution in [2.24, 2.45) is 4.99 Å². The van der Waals surface area contributed by atoms with Crippen LogP contribution in [0.25, 0.3) is 0 Å². The van der Waals surface area contributed by atoms with Gasteiger partial charge in [-0.2, -0.15) is 0 Å². The standard InChI is InChI=1S/C9H6N4O4/c14-12(15)6-1-2-9-8(3-6)10-4-7-5-17-13(16)11(7)9/h1-5,13H. The van der Waals surface area contributed by atoms with Crippen LogP contribution < -0.4 is 10.3 Å². The van der Waals surface area contributed by atoms with Gasteiger partial charge in [-0.1, -0.05) is 5.34 Å². The van der Waals surface area contributed by atoms with E-state index in [9.17, 15) is 15.3 Å². The topological polar surface area (TPSA) is 95.5 Å². The summed E-state index contributed by atoms with van der Waals surface area (Å²) in [5.41, 5.74) is 1.29. The lowest BCUT2D eigenvalue weighted by atomic mass is 10.2. The molecular formula is C9H6N4O4. The number of allylic oxidation sites excluding steroid dienone is 1. The second-order valence-corrected chi connectivity index (χ2v) is 3.45. The van der Waals surface area contributed by atoms with E-state index in [2.05, 4.69) is 4.99 Å². The molecule has 2 aliphatic rings. The van der Waals surface area contributed by atoms with Crippen LogP contribution in [0.1, 0.15) is 0 Å². The second kappa shape index (κ2) is 3.27. The fourth-order valence-electron chi connectivity index (χ4n) is 1.70. The zero-order valence-electron chi connectivity index (χ0n) is 8.36. The van der Waals surface area contributed by atoms with Gasteiger partial charge in [-0.15, -0.1) is 5.01 Å². The van der Waals surface area contributed by atoms with Crippen LogP contribution in [-0.2, 0) is 4.84 Å². The summed E-state index contributed by atoms with van der Waals surface area (Å²) in [6.07, 6.45) is 2.72. The number of nitrogens with zero attached hydrogens (tertiary/aromatic N) is 3. The molecule has 1 N–H and O–H groups in total. The zero-order chi connectivity index (χ0) is 12.0. The maximum Gasteiger partial charge on any atom is 0.271 e. The van der Waals surface area contributed by atoms with E-state index in [1.54, 1.807) is 0 Å².